The summed E-state index contributed by atoms with van der Waals surface area (Å²) in [4.78, 5) is 29.7. The minimum Gasteiger partial charge on any atom is -0.493 e. The topological polar surface area (TPSA) is 96.0 Å². The Kier molecular flexibility index (Phi) is 8.04. The number of carbonyl (C=O) groups excluding carboxylic acids is 2. The minimum atomic E-state index is -0.484. The molecule has 0 saturated carbocycles. The van der Waals surface area contributed by atoms with Crippen molar-refractivity contribution >= 4 is 34.4 Å². The molecule has 0 unspecified atom stereocenters. The van der Waals surface area contributed by atoms with Crippen LogP contribution in [0.3, 0.4) is 0 Å². The SMILES string of the molecule is CCOC(=O)c1sc(NC(=O)/C=C/c2cc(OC)c(OC)c(OC)c2)nc1-c1ccccc1. The number of nitrogens with zero attached hydrogens (tertiary/aromatic N) is 1. The highest BCUT2D eigenvalue weighted by molar-refractivity contribution is 7.18. The maximum absolute atomic E-state index is 12.5. The number of hydrogen-bond acceptors (Lipinski definition) is 8. The predicted octanol–water partition coefficient (Wildman–Crippen LogP) is 4.66. The summed E-state index contributed by atoms with van der Waals surface area (Å²) in [5, 5.41) is 2.99. The van der Waals surface area contributed by atoms with Crippen molar-refractivity contribution in [2.24, 2.45) is 0 Å². The van der Waals surface area contributed by atoms with Gasteiger partial charge in [-0.15, -0.1) is 0 Å². The molecule has 33 heavy (non-hydrogen) atoms. The molecule has 0 radical (unpaired) electrons. The molecule has 2 aromatic carbocycles. The van der Waals surface area contributed by atoms with Crippen LogP contribution >= 0.6 is 11.3 Å². The zero-order valence-corrected chi connectivity index (χ0v) is 19.5. The van der Waals surface area contributed by atoms with Crippen LogP contribution in [-0.2, 0) is 9.53 Å². The number of carbonyl (C=O) groups is 2. The fourth-order valence-electron chi connectivity index (χ4n) is 3.02. The number of esters is 1. The molecule has 0 fully saturated rings. The van der Waals surface area contributed by atoms with E-state index in [9.17, 15) is 9.59 Å². The number of ether oxygens (including phenoxy) is 4. The molecule has 0 aliphatic rings. The number of amides is 1. The Hall–Kier alpha value is -3.85. The number of anilines is 1. The lowest BCUT2D eigenvalue weighted by Crippen LogP contribution is -2.07. The first-order valence-corrected chi connectivity index (χ1v) is 10.8. The Morgan fingerprint density at radius 2 is 1.70 bits per heavy atom. The van der Waals surface area contributed by atoms with E-state index in [0.29, 0.717) is 33.4 Å². The molecule has 1 amide bonds. The van der Waals surface area contributed by atoms with Crippen molar-refractivity contribution in [3.8, 4) is 28.5 Å². The summed E-state index contributed by atoms with van der Waals surface area (Å²) < 4.78 is 21.1. The molecule has 9 heteroatoms. The van der Waals surface area contributed by atoms with Crippen LogP contribution in [0.2, 0.25) is 0 Å². The highest BCUT2D eigenvalue weighted by Gasteiger charge is 2.21. The van der Waals surface area contributed by atoms with Crippen molar-refractivity contribution in [3.05, 3.63) is 59.0 Å². The van der Waals surface area contributed by atoms with E-state index in [0.717, 1.165) is 16.9 Å². The highest BCUT2D eigenvalue weighted by atomic mass is 32.1. The van der Waals surface area contributed by atoms with Crippen molar-refractivity contribution in [2.45, 2.75) is 6.92 Å². The lowest BCUT2D eigenvalue weighted by Gasteiger charge is -2.12. The second kappa shape index (κ2) is 11.1. The highest BCUT2D eigenvalue weighted by Crippen LogP contribution is 2.38. The summed E-state index contributed by atoms with van der Waals surface area (Å²) in [5.74, 6) is 0.519. The van der Waals surface area contributed by atoms with E-state index in [1.807, 2.05) is 30.3 Å². The Balaban J connectivity index is 1.83. The van der Waals surface area contributed by atoms with E-state index >= 15 is 0 Å². The Morgan fingerprint density at radius 3 is 2.27 bits per heavy atom. The zero-order valence-electron chi connectivity index (χ0n) is 18.7. The van der Waals surface area contributed by atoms with Crippen molar-refractivity contribution in [2.75, 3.05) is 33.3 Å². The van der Waals surface area contributed by atoms with Crippen molar-refractivity contribution in [1.29, 1.82) is 0 Å². The monoisotopic (exact) mass is 468 g/mol. The molecule has 1 aromatic heterocycles. The Labute approximate surface area is 195 Å². The van der Waals surface area contributed by atoms with Gasteiger partial charge in [0.25, 0.3) is 0 Å². The molecule has 3 aromatic rings. The van der Waals surface area contributed by atoms with Crippen LogP contribution in [0.1, 0.15) is 22.2 Å². The lowest BCUT2D eigenvalue weighted by molar-refractivity contribution is -0.111. The molecule has 0 spiro atoms. The molecule has 0 aliphatic heterocycles. The van der Waals surface area contributed by atoms with Crippen LogP contribution in [0.5, 0.6) is 17.2 Å². The average molecular weight is 469 g/mol. The Morgan fingerprint density at radius 1 is 1.03 bits per heavy atom. The molecular formula is C24H24N2O6S. The van der Waals surface area contributed by atoms with E-state index in [2.05, 4.69) is 10.3 Å². The molecule has 8 nitrogen and oxygen atoms in total. The molecule has 0 saturated heterocycles. The molecule has 1 N–H and O–H groups in total. The summed E-state index contributed by atoms with van der Waals surface area (Å²) in [5.41, 5.74) is 1.89. The number of aromatic nitrogens is 1. The van der Waals surface area contributed by atoms with Gasteiger partial charge in [-0.2, -0.15) is 0 Å². The van der Waals surface area contributed by atoms with Gasteiger partial charge in [-0.25, -0.2) is 9.78 Å². The second-order valence-corrected chi connectivity index (χ2v) is 7.56. The fraction of sp³-hybridized carbons (Fsp3) is 0.208. The largest absolute Gasteiger partial charge is 0.493 e. The van der Waals surface area contributed by atoms with Crippen molar-refractivity contribution in [1.82, 2.24) is 4.98 Å². The third-order valence-corrected chi connectivity index (χ3v) is 5.43. The van der Waals surface area contributed by atoms with Gasteiger partial charge < -0.3 is 18.9 Å². The molecule has 0 bridgehead atoms. The zero-order chi connectivity index (χ0) is 23.8. The smallest absolute Gasteiger partial charge is 0.350 e. The predicted molar refractivity (Wildman–Crippen MR) is 127 cm³/mol. The number of methoxy groups -OCH3 is 3. The standard InChI is InChI=1S/C24H24N2O6S/c1-5-32-23(28)22-20(16-9-7-6-8-10-16)26-24(33-22)25-19(27)12-11-15-13-17(29-2)21(31-4)18(14-15)30-3/h6-14H,5H2,1-4H3,(H,25,26,27)/b12-11+. The first-order valence-electron chi connectivity index (χ1n) is 10.0. The summed E-state index contributed by atoms with van der Waals surface area (Å²) in [6, 6.07) is 12.7. The number of rotatable bonds is 9. The summed E-state index contributed by atoms with van der Waals surface area (Å²) >= 11 is 1.06. The minimum absolute atomic E-state index is 0.240. The van der Waals surface area contributed by atoms with Gasteiger partial charge in [0.1, 0.15) is 4.88 Å². The quantitative estimate of drug-likeness (QED) is 0.360. The number of thiazole rings is 1. The van der Waals surface area contributed by atoms with Gasteiger partial charge in [0.15, 0.2) is 16.6 Å². The molecule has 3 rings (SSSR count). The third-order valence-electron chi connectivity index (χ3n) is 4.48. The van der Waals surface area contributed by atoms with Crippen LogP contribution in [0.25, 0.3) is 17.3 Å². The molecule has 0 atom stereocenters. The second-order valence-electron chi connectivity index (χ2n) is 6.56. The van der Waals surface area contributed by atoms with Gasteiger partial charge in [0.2, 0.25) is 11.7 Å². The molecule has 172 valence electrons. The van der Waals surface area contributed by atoms with Crippen LogP contribution in [0.15, 0.2) is 48.5 Å². The average Bonchev–Trinajstić information content (AvgIpc) is 3.26. The fourth-order valence-corrected chi connectivity index (χ4v) is 3.90. The lowest BCUT2D eigenvalue weighted by atomic mass is 10.1. The maximum Gasteiger partial charge on any atom is 0.350 e. The van der Waals surface area contributed by atoms with Crippen molar-refractivity contribution < 1.29 is 28.5 Å². The first-order chi connectivity index (χ1) is 16.0. The summed E-state index contributed by atoms with van der Waals surface area (Å²) in [7, 11) is 4.56. The molecular weight excluding hydrogens is 444 g/mol. The van der Waals surface area contributed by atoms with Crippen molar-refractivity contribution in [3.63, 3.8) is 0 Å². The van der Waals surface area contributed by atoms with Gasteiger partial charge >= 0.3 is 5.97 Å². The van der Waals surface area contributed by atoms with E-state index in [1.165, 1.54) is 27.4 Å². The van der Waals surface area contributed by atoms with E-state index in [4.69, 9.17) is 18.9 Å². The Bertz CT molecular complexity index is 1130. The van der Waals surface area contributed by atoms with Crippen LogP contribution in [-0.4, -0.2) is 44.8 Å². The van der Waals surface area contributed by atoms with Gasteiger partial charge in [-0.3, -0.25) is 10.1 Å². The molecule has 0 aliphatic carbocycles. The van der Waals surface area contributed by atoms with E-state index in [-0.39, 0.29) is 11.7 Å². The van der Waals surface area contributed by atoms with E-state index in [1.54, 1.807) is 25.1 Å². The first kappa shape index (κ1) is 23.8. The normalized spacial score (nSPS) is 10.7. The van der Waals surface area contributed by atoms with Crippen LogP contribution < -0.4 is 19.5 Å². The van der Waals surface area contributed by atoms with Crippen LogP contribution in [0, 0.1) is 0 Å². The van der Waals surface area contributed by atoms with Gasteiger partial charge in [0, 0.05) is 11.6 Å². The summed E-state index contributed by atoms with van der Waals surface area (Å²) in [6.07, 6.45) is 2.96. The van der Waals surface area contributed by atoms with E-state index < -0.39 is 11.9 Å². The van der Waals surface area contributed by atoms with Gasteiger partial charge in [-0.05, 0) is 30.7 Å². The molecule has 1 heterocycles. The number of nitrogens with one attached hydrogen (secondary N) is 1. The van der Waals surface area contributed by atoms with Crippen LogP contribution in [0.4, 0.5) is 5.13 Å². The number of benzene rings is 2. The third kappa shape index (κ3) is 5.69. The van der Waals surface area contributed by atoms with Gasteiger partial charge in [-0.1, -0.05) is 41.7 Å². The summed E-state index contributed by atoms with van der Waals surface area (Å²) in [6.45, 7) is 1.97. The van der Waals surface area contributed by atoms with Gasteiger partial charge in [0.05, 0.1) is 33.6 Å². The maximum atomic E-state index is 12.5. The number of hydrogen-bond donors (Lipinski definition) is 1.